The average Bonchev–Trinajstić information content (AvgIpc) is 3.27. The molecular formula is C28H27N3O4. The lowest BCUT2D eigenvalue weighted by Crippen LogP contribution is -2.25. The number of fused-ring (bicyclic) bond motifs is 1. The zero-order chi connectivity index (χ0) is 24.5. The quantitative estimate of drug-likeness (QED) is 0.412. The lowest BCUT2D eigenvalue weighted by Gasteiger charge is -2.26. The number of ether oxygens (including phenoxy) is 3. The highest BCUT2D eigenvalue weighted by molar-refractivity contribution is 5.96. The first-order chi connectivity index (χ1) is 17.0. The van der Waals surface area contributed by atoms with Crippen LogP contribution in [0.25, 0.3) is 16.9 Å². The lowest BCUT2D eigenvalue weighted by molar-refractivity contribution is -0.116. The molecule has 2 heterocycles. The van der Waals surface area contributed by atoms with Crippen LogP contribution in [-0.4, -0.2) is 37.0 Å². The van der Waals surface area contributed by atoms with E-state index in [1.165, 1.54) is 0 Å². The van der Waals surface area contributed by atoms with Gasteiger partial charge in [0.1, 0.15) is 5.82 Å². The molecule has 0 spiro atoms. The smallest absolute Gasteiger partial charge is 0.226 e. The molecule has 7 heteroatoms. The van der Waals surface area contributed by atoms with E-state index in [0.717, 1.165) is 33.6 Å². The van der Waals surface area contributed by atoms with Crippen LogP contribution in [0, 0.1) is 6.92 Å². The van der Waals surface area contributed by atoms with E-state index in [9.17, 15) is 4.79 Å². The van der Waals surface area contributed by atoms with Crippen molar-refractivity contribution in [3.8, 4) is 34.2 Å². The number of nitrogens with one attached hydrogen (secondary N) is 1. The molecule has 0 unspecified atom stereocenters. The summed E-state index contributed by atoms with van der Waals surface area (Å²) in [7, 11) is 4.75. The van der Waals surface area contributed by atoms with E-state index in [2.05, 4.69) is 5.32 Å². The summed E-state index contributed by atoms with van der Waals surface area (Å²) in [6, 6.07) is 21.9. The normalized spacial score (nSPS) is 14.7. The zero-order valence-electron chi connectivity index (χ0n) is 20.2. The van der Waals surface area contributed by atoms with Crippen molar-refractivity contribution in [2.24, 2.45) is 0 Å². The van der Waals surface area contributed by atoms with Gasteiger partial charge in [-0.2, -0.15) is 5.10 Å². The number of carbonyl (C=O) groups is 1. The minimum absolute atomic E-state index is 0.0795. The average molecular weight is 470 g/mol. The number of nitrogens with zero attached hydrogens (tertiary/aromatic N) is 2. The number of aromatic nitrogens is 2. The largest absolute Gasteiger partial charge is 0.493 e. The summed E-state index contributed by atoms with van der Waals surface area (Å²) in [4.78, 5) is 13.0. The van der Waals surface area contributed by atoms with Crippen molar-refractivity contribution in [1.82, 2.24) is 9.78 Å². The van der Waals surface area contributed by atoms with Gasteiger partial charge >= 0.3 is 0 Å². The summed E-state index contributed by atoms with van der Waals surface area (Å²) in [5.74, 6) is 1.93. The molecule has 0 bridgehead atoms. The third kappa shape index (κ3) is 3.99. The Balaban J connectivity index is 1.77. The summed E-state index contributed by atoms with van der Waals surface area (Å²) < 4.78 is 18.5. The molecule has 4 aromatic rings. The highest BCUT2D eigenvalue weighted by atomic mass is 16.5. The summed E-state index contributed by atoms with van der Waals surface area (Å²) in [6.07, 6.45) is 0.269. The van der Waals surface area contributed by atoms with Gasteiger partial charge in [-0.05, 0) is 36.8 Å². The van der Waals surface area contributed by atoms with Gasteiger partial charge in [-0.15, -0.1) is 0 Å². The molecule has 1 amide bonds. The standard InChI is InChI=1S/C28H27N3O4/c1-17-10-12-20(13-11-17)31-28-25(26(30-31)18-8-6-5-7-9-18)21(16-24(32)29-28)19-14-22(33-2)27(35-4)23(15-19)34-3/h5-15,21H,16H2,1-4H3,(H,29,32)/t21-/m0/s1. The van der Waals surface area contributed by atoms with Gasteiger partial charge in [0.05, 0.1) is 32.7 Å². The lowest BCUT2D eigenvalue weighted by atomic mass is 9.84. The third-order valence-electron chi connectivity index (χ3n) is 6.33. The van der Waals surface area contributed by atoms with Gasteiger partial charge in [-0.25, -0.2) is 4.68 Å². The molecule has 178 valence electrons. The SMILES string of the molecule is COc1cc([C@@H]2CC(=O)Nc3c2c(-c2ccccc2)nn3-c2ccc(C)cc2)cc(OC)c1OC. The van der Waals surface area contributed by atoms with Crippen molar-refractivity contribution in [3.05, 3.63) is 83.4 Å². The maximum Gasteiger partial charge on any atom is 0.226 e. The fraction of sp³-hybridized carbons (Fsp3) is 0.214. The Morgan fingerprint density at radius 2 is 1.57 bits per heavy atom. The molecule has 0 fully saturated rings. The van der Waals surface area contributed by atoms with Crippen molar-refractivity contribution >= 4 is 11.7 Å². The molecular weight excluding hydrogens is 442 g/mol. The van der Waals surface area contributed by atoms with Gasteiger partial charge in [0.15, 0.2) is 11.5 Å². The molecule has 1 aliphatic heterocycles. The predicted molar refractivity (Wildman–Crippen MR) is 135 cm³/mol. The number of benzene rings is 3. The monoisotopic (exact) mass is 469 g/mol. The second kappa shape index (κ2) is 9.18. The molecule has 0 aliphatic carbocycles. The number of methoxy groups -OCH3 is 3. The fourth-order valence-electron chi connectivity index (χ4n) is 4.62. The molecule has 35 heavy (non-hydrogen) atoms. The Labute approximate surface area is 204 Å². The molecule has 0 saturated carbocycles. The molecule has 7 nitrogen and oxygen atoms in total. The molecule has 0 saturated heterocycles. The Morgan fingerprint density at radius 3 is 2.17 bits per heavy atom. The van der Waals surface area contributed by atoms with Crippen molar-refractivity contribution < 1.29 is 19.0 Å². The third-order valence-corrected chi connectivity index (χ3v) is 6.33. The van der Waals surface area contributed by atoms with Crippen LogP contribution in [0.5, 0.6) is 17.2 Å². The van der Waals surface area contributed by atoms with Gasteiger partial charge in [-0.1, -0.05) is 48.0 Å². The van der Waals surface area contributed by atoms with E-state index < -0.39 is 0 Å². The number of carbonyl (C=O) groups excluding carboxylic acids is 1. The second-order valence-electron chi connectivity index (χ2n) is 8.49. The van der Waals surface area contributed by atoms with Gasteiger partial charge in [0.2, 0.25) is 11.7 Å². The van der Waals surface area contributed by atoms with Gasteiger partial charge < -0.3 is 19.5 Å². The molecule has 0 radical (unpaired) electrons. The molecule has 1 atom stereocenters. The zero-order valence-corrected chi connectivity index (χ0v) is 20.2. The van der Waals surface area contributed by atoms with Crippen molar-refractivity contribution in [2.75, 3.05) is 26.6 Å². The van der Waals surface area contributed by atoms with Gasteiger partial charge in [-0.3, -0.25) is 4.79 Å². The van der Waals surface area contributed by atoms with Crippen molar-refractivity contribution in [3.63, 3.8) is 0 Å². The van der Waals surface area contributed by atoms with Gasteiger partial charge in [0.25, 0.3) is 0 Å². The van der Waals surface area contributed by atoms with Crippen LogP contribution in [-0.2, 0) is 4.79 Å². The molecule has 1 aliphatic rings. The summed E-state index contributed by atoms with van der Waals surface area (Å²) in [5.41, 5.74) is 5.65. The Morgan fingerprint density at radius 1 is 0.914 bits per heavy atom. The number of rotatable bonds is 6. The molecule has 5 rings (SSSR count). The number of hydrogen-bond donors (Lipinski definition) is 1. The van der Waals surface area contributed by atoms with E-state index in [1.54, 1.807) is 21.3 Å². The van der Waals surface area contributed by atoms with Gasteiger partial charge in [0, 0.05) is 23.5 Å². The van der Waals surface area contributed by atoms with E-state index >= 15 is 0 Å². The first-order valence-corrected chi connectivity index (χ1v) is 11.4. The minimum atomic E-state index is -0.262. The number of hydrogen-bond acceptors (Lipinski definition) is 5. The second-order valence-corrected chi connectivity index (χ2v) is 8.49. The van der Waals surface area contributed by atoms with Crippen LogP contribution in [0.1, 0.15) is 29.0 Å². The van der Waals surface area contributed by atoms with E-state index in [4.69, 9.17) is 19.3 Å². The number of anilines is 1. The molecule has 3 aromatic carbocycles. The van der Waals surface area contributed by atoms with E-state index in [0.29, 0.717) is 23.1 Å². The Hall–Kier alpha value is -4.26. The van der Waals surface area contributed by atoms with E-state index in [-0.39, 0.29) is 18.2 Å². The minimum Gasteiger partial charge on any atom is -0.493 e. The van der Waals surface area contributed by atoms with Crippen LogP contribution >= 0.6 is 0 Å². The summed E-state index contributed by atoms with van der Waals surface area (Å²) >= 11 is 0. The van der Waals surface area contributed by atoms with Crippen LogP contribution < -0.4 is 19.5 Å². The van der Waals surface area contributed by atoms with Crippen molar-refractivity contribution in [2.45, 2.75) is 19.3 Å². The predicted octanol–water partition coefficient (Wildman–Crippen LogP) is 5.35. The van der Waals surface area contributed by atoms with E-state index in [1.807, 2.05) is 78.3 Å². The number of aryl methyl sites for hydroxylation is 1. The highest BCUT2D eigenvalue weighted by Crippen LogP contribution is 2.47. The first-order valence-electron chi connectivity index (χ1n) is 11.4. The summed E-state index contributed by atoms with van der Waals surface area (Å²) in [6.45, 7) is 2.04. The first kappa shape index (κ1) is 22.5. The topological polar surface area (TPSA) is 74.6 Å². The maximum absolute atomic E-state index is 13.0. The van der Waals surface area contributed by atoms with Crippen LogP contribution in [0.3, 0.4) is 0 Å². The van der Waals surface area contributed by atoms with Crippen LogP contribution in [0.4, 0.5) is 5.82 Å². The number of amides is 1. The molecule has 1 aromatic heterocycles. The Bertz CT molecular complexity index is 1350. The Kier molecular flexibility index (Phi) is 5.91. The van der Waals surface area contributed by atoms with Crippen molar-refractivity contribution in [1.29, 1.82) is 0 Å². The maximum atomic E-state index is 13.0. The fourth-order valence-corrected chi connectivity index (χ4v) is 4.62. The molecule has 1 N–H and O–H groups in total. The van der Waals surface area contributed by atoms with Crippen LogP contribution in [0.2, 0.25) is 0 Å². The highest BCUT2D eigenvalue weighted by Gasteiger charge is 2.35. The van der Waals surface area contributed by atoms with Crippen LogP contribution in [0.15, 0.2) is 66.7 Å². The summed E-state index contributed by atoms with van der Waals surface area (Å²) in [5, 5.41) is 8.09.